The van der Waals surface area contributed by atoms with Crippen molar-refractivity contribution in [1.82, 2.24) is 4.90 Å². The van der Waals surface area contributed by atoms with Gasteiger partial charge in [0.15, 0.2) is 0 Å². The fourth-order valence-electron chi connectivity index (χ4n) is 1.59. The van der Waals surface area contributed by atoms with Gasteiger partial charge in [-0.15, -0.1) is 0 Å². The molecular formula is C13H16F4N2O. The molecule has 0 heterocycles. The van der Waals surface area contributed by atoms with Gasteiger partial charge in [0.1, 0.15) is 11.9 Å². The largest absolute Gasteiger partial charge is 0.416 e. The minimum absolute atomic E-state index is 0.136. The molecule has 0 aliphatic carbocycles. The lowest BCUT2D eigenvalue weighted by Gasteiger charge is -2.21. The molecule has 1 amide bonds. The molecule has 0 aliphatic rings. The van der Waals surface area contributed by atoms with Gasteiger partial charge in [-0.1, -0.05) is 0 Å². The Morgan fingerprint density at radius 3 is 2.45 bits per heavy atom. The van der Waals surface area contributed by atoms with Crippen LogP contribution in [0.2, 0.25) is 0 Å². The molecule has 1 unspecified atom stereocenters. The van der Waals surface area contributed by atoms with Gasteiger partial charge in [0.05, 0.1) is 11.3 Å². The second-order valence-electron chi connectivity index (χ2n) is 4.41. The van der Waals surface area contributed by atoms with Crippen LogP contribution in [0.1, 0.15) is 19.4 Å². The van der Waals surface area contributed by atoms with Gasteiger partial charge in [0.2, 0.25) is 5.91 Å². The minimum Gasteiger partial charge on any atom is -0.372 e. The molecule has 0 spiro atoms. The van der Waals surface area contributed by atoms with Crippen LogP contribution in [-0.4, -0.2) is 30.4 Å². The van der Waals surface area contributed by atoms with Crippen LogP contribution in [0.3, 0.4) is 0 Å². The maximum absolute atomic E-state index is 13.6. The van der Waals surface area contributed by atoms with E-state index < -0.39 is 23.6 Å². The third-order valence-corrected chi connectivity index (χ3v) is 2.89. The number of nitrogens with zero attached hydrogens (tertiary/aromatic N) is 1. The highest BCUT2D eigenvalue weighted by molar-refractivity contribution is 5.84. The first-order chi connectivity index (χ1) is 9.16. The number of likely N-dealkylation sites (N-methyl/N-ethyl adjacent to an activating group) is 1. The predicted octanol–water partition coefficient (Wildman–Crippen LogP) is 3.12. The van der Waals surface area contributed by atoms with E-state index in [0.717, 1.165) is 12.1 Å². The summed E-state index contributed by atoms with van der Waals surface area (Å²) in [6, 6.07) is 1.43. The van der Waals surface area contributed by atoms with Crippen LogP contribution in [0.25, 0.3) is 0 Å². The second kappa shape index (κ2) is 6.11. The molecule has 0 aliphatic heterocycles. The summed E-state index contributed by atoms with van der Waals surface area (Å²) >= 11 is 0. The fourth-order valence-corrected chi connectivity index (χ4v) is 1.59. The smallest absolute Gasteiger partial charge is 0.372 e. The molecule has 0 bridgehead atoms. The molecule has 112 valence electrons. The minimum atomic E-state index is -4.59. The lowest BCUT2D eigenvalue weighted by atomic mass is 10.1. The maximum atomic E-state index is 13.6. The Kier molecular flexibility index (Phi) is 4.97. The van der Waals surface area contributed by atoms with E-state index in [9.17, 15) is 22.4 Å². The zero-order valence-electron chi connectivity index (χ0n) is 11.4. The first-order valence-corrected chi connectivity index (χ1v) is 6.05. The van der Waals surface area contributed by atoms with Crippen LogP contribution in [0.5, 0.6) is 0 Å². The molecule has 1 rings (SSSR count). The molecule has 7 heteroatoms. The maximum Gasteiger partial charge on any atom is 0.416 e. The number of carbonyl (C=O) groups excluding carboxylic acids is 1. The van der Waals surface area contributed by atoms with E-state index in [4.69, 9.17) is 0 Å². The Hall–Kier alpha value is -1.79. The van der Waals surface area contributed by atoms with E-state index in [1.54, 1.807) is 14.0 Å². The number of rotatable bonds is 4. The van der Waals surface area contributed by atoms with E-state index in [1.165, 1.54) is 11.8 Å². The van der Waals surface area contributed by atoms with Crippen LogP contribution >= 0.6 is 0 Å². The van der Waals surface area contributed by atoms with Crippen LogP contribution in [0.15, 0.2) is 18.2 Å². The summed E-state index contributed by atoms with van der Waals surface area (Å²) in [6.45, 7) is 3.79. The zero-order chi connectivity index (χ0) is 15.5. The molecule has 0 fully saturated rings. The van der Waals surface area contributed by atoms with Crippen LogP contribution in [-0.2, 0) is 11.0 Å². The van der Waals surface area contributed by atoms with Gasteiger partial charge in [-0.3, -0.25) is 4.79 Å². The molecule has 1 aromatic carbocycles. The summed E-state index contributed by atoms with van der Waals surface area (Å²) in [7, 11) is 1.59. The first kappa shape index (κ1) is 16.3. The number of hydrogen-bond acceptors (Lipinski definition) is 2. The molecule has 20 heavy (non-hydrogen) atoms. The van der Waals surface area contributed by atoms with E-state index in [2.05, 4.69) is 5.32 Å². The lowest BCUT2D eigenvalue weighted by molar-refractivity contribution is -0.137. The normalized spacial score (nSPS) is 12.9. The number of hydrogen-bond donors (Lipinski definition) is 1. The summed E-state index contributed by atoms with van der Waals surface area (Å²) < 4.78 is 50.8. The first-order valence-electron chi connectivity index (χ1n) is 6.05. The van der Waals surface area contributed by atoms with E-state index >= 15 is 0 Å². The average molecular weight is 292 g/mol. The molecule has 1 N–H and O–H groups in total. The van der Waals surface area contributed by atoms with Crippen molar-refractivity contribution in [2.45, 2.75) is 26.1 Å². The topological polar surface area (TPSA) is 32.3 Å². The van der Waals surface area contributed by atoms with Crippen molar-refractivity contribution in [3.8, 4) is 0 Å². The molecular weight excluding hydrogens is 276 g/mol. The van der Waals surface area contributed by atoms with Gasteiger partial charge < -0.3 is 10.2 Å². The Labute approximate surface area is 114 Å². The van der Waals surface area contributed by atoms with Gasteiger partial charge >= 0.3 is 6.18 Å². The number of nitrogens with one attached hydrogen (secondary N) is 1. The summed E-state index contributed by atoms with van der Waals surface area (Å²) in [5.41, 5.74) is -1.20. The van der Waals surface area contributed by atoms with E-state index in [-0.39, 0.29) is 11.6 Å². The molecule has 0 radical (unpaired) electrons. The van der Waals surface area contributed by atoms with E-state index in [0.29, 0.717) is 12.6 Å². The number of halogens is 4. The summed E-state index contributed by atoms with van der Waals surface area (Å²) in [4.78, 5) is 13.2. The van der Waals surface area contributed by atoms with Crippen LogP contribution in [0, 0.1) is 5.82 Å². The molecule has 0 aromatic heterocycles. The van der Waals surface area contributed by atoms with Crippen molar-refractivity contribution < 1.29 is 22.4 Å². The quantitative estimate of drug-likeness (QED) is 0.865. The second-order valence-corrected chi connectivity index (χ2v) is 4.41. The Morgan fingerprint density at radius 1 is 1.40 bits per heavy atom. The Morgan fingerprint density at radius 2 is 2.00 bits per heavy atom. The molecule has 1 atom stereocenters. The average Bonchev–Trinajstić information content (AvgIpc) is 2.37. The van der Waals surface area contributed by atoms with Crippen molar-refractivity contribution in [3.05, 3.63) is 29.6 Å². The number of carbonyl (C=O) groups is 1. The van der Waals surface area contributed by atoms with Gasteiger partial charge in [-0.25, -0.2) is 4.39 Å². The zero-order valence-corrected chi connectivity index (χ0v) is 11.4. The SMILES string of the molecule is CCN(C)C(=O)C(C)Nc1ccc(C(F)(F)F)cc1F. The van der Waals surface area contributed by atoms with Gasteiger partial charge in [0, 0.05) is 13.6 Å². The van der Waals surface area contributed by atoms with Crippen molar-refractivity contribution in [1.29, 1.82) is 0 Å². The van der Waals surface area contributed by atoms with Gasteiger partial charge in [-0.05, 0) is 32.0 Å². The molecule has 1 aromatic rings. The fraction of sp³-hybridized carbons (Fsp3) is 0.462. The summed E-state index contributed by atoms with van der Waals surface area (Å²) in [5, 5.41) is 2.57. The Bertz CT molecular complexity index is 488. The molecule has 3 nitrogen and oxygen atoms in total. The number of alkyl halides is 3. The third kappa shape index (κ3) is 3.85. The van der Waals surface area contributed by atoms with Gasteiger partial charge in [0.25, 0.3) is 0 Å². The van der Waals surface area contributed by atoms with Crippen molar-refractivity contribution in [2.24, 2.45) is 0 Å². The van der Waals surface area contributed by atoms with E-state index in [1.807, 2.05) is 0 Å². The molecule has 0 saturated carbocycles. The number of benzene rings is 1. The molecule has 0 saturated heterocycles. The highest BCUT2D eigenvalue weighted by atomic mass is 19.4. The van der Waals surface area contributed by atoms with Gasteiger partial charge in [-0.2, -0.15) is 13.2 Å². The van der Waals surface area contributed by atoms with Crippen molar-refractivity contribution in [2.75, 3.05) is 18.9 Å². The number of anilines is 1. The number of amides is 1. The third-order valence-electron chi connectivity index (χ3n) is 2.89. The van der Waals surface area contributed by atoms with Crippen LogP contribution in [0.4, 0.5) is 23.2 Å². The van der Waals surface area contributed by atoms with Crippen molar-refractivity contribution >= 4 is 11.6 Å². The van der Waals surface area contributed by atoms with Crippen molar-refractivity contribution in [3.63, 3.8) is 0 Å². The standard InChI is InChI=1S/C13H16F4N2O/c1-4-19(3)12(20)8(2)18-11-6-5-9(7-10(11)14)13(15,16)17/h5-8,18H,4H2,1-3H3. The summed E-state index contributed by atoms with van der Waals surface area (Å²) in [6.07, 6.45) is -4.59. The monoisotopic (exact) mass is 292 g/mol. The predicted molar refractivity (Wildman–Crippen MR) is 67.8 cm³/mol. The lowest BCUT2D eigenvalue weighted by Crippen LogP contribution is -2.39. The Balaban J connectivity index is 2.87. The highest BCUT2D eigenvalue weighted by Gasteiger charge is 2.31. The van der Waals surface area contributed by atoms with Crippen LogP contribution < -0.4 is 5.32 Å². The highest BCUT2D eigenvalue weighted by Crippen LogP contribution is 2.31. The summed E-state index contributed by atoms with van der Waals surface area (Å²) in [5.74, 6) is -1.31.